The van der Waals surface area contributed by atoms with Gasteiger partial charge in [-0.15, -0.1) is 5.10 Å². The molecule has 0 unspecified atom stereocenters. The zero-order valence-electron chi connectivity index (χ0n) is 9.58. The number of rotatable bonds is 3. The van der Waals surface area contributed by atoms with E-state index in [-0.39, 0.29) is 5.56 Å². The Labute approximate surface area is 103 Å². The second kappa shape index (κ2) is 4.23. The van der Waals surface area contributed by atoms with Crippen LogP contribution in [0.4, 0.5) is 0 Å². The van der Waals surface area contributed by atoms with Crippen LogP contribution in [0.3, 0.4) is 0 Å². The molecule has 0 bridgehead atoms. The number of hydrogen-bond donors (Lipinski definition) is 2. The molecular formula is C12H12N4O2. The lowest BCUT2D eigenvalue weighted by atomic mass is 10.1. The Balaban J connectivity index is 1.94. The molecule has 2 aromatic rings. The van der Waals surface area contributed by atoms with E-state index in [2.05, 4.69) is 15.6 Å². The molecule has 1 aromatic carbocycles. The minimum Gasteiger partial charge on any atom is -0.478 e. The summed E-state index contributed by atoms with van der Waals surface area (Å²) in [5.74, 6) is -0.920. The Morgan fingerprint density at radius 3 is 2.61 bits per heavy atom. The topological polar surface area (TPSA) is 80.0 Å². The highest BCUT2D eigenvalue weighted by molar-refractivity contribution is 5.88. The number of carboxylic acids is 1. The summed E-state index contributed by atoms with van der Waals surface area (Å²) >= 11 is 0. The number of hydrogen-bond acceptors (Lipinski definition) is 4. The second-order valence-corrected chi connectivity index (χ2v) is 4.26. The highest BCUT2D eigenvalue weighted by Crippen LogP contribution is 2.23. The van der Waals surface area contributed by atoms with Crippen molar-refractivity contribution in [1.29, 1.82) is 0 Å². The molecule has 0 spiro atoms. The maximum absolute atomic E-state index is 10.8. The molecule has 1 saturated heterocycles. The predicted octanol–water partition coefficient (Wildman–Crippen LogP) is 0.788. The average Bonchev–Trinajstić information content (AvgIpc) is 2.76. The van der Waals surface area contributed by atoms with Crippen molar-refractivity contribution in [3.8, 4) is 11.3 Å². The molecule has 92 valence electrons. The standard InChI is InChI=1S/C12H12N4O2/c17-12(18)9-3-1-8(2-4-9)11-7-14-15-16(11)10-5-13-6-10/h1-4,7,10,13H,5-6H2,(H,17,18). The van der Waals surface area contributed by atoms with E-state index >= 15 is 0 Å². The van der Waals surface area contributed by atoms with Crippen LogP contribution in [0.1, 0.15) is 16.4 Å². The molecule has 1 aliphatic heterocycles. The van der Waals surface area contributed by atoms with E-state index in [1.54, 1.807) is 30.5 Å². The number of aromatic carboxylic acids is 1. The van der Waals surface area contributed by atoms with Gasteiger partial charge in [-0.05, 0) is 12.1 Å². The van der Waals surface area contributed by atoms with Crippen LogP contribution in [0, 0.1) is 0 Å². The SMILES string of the molecule is O=C(O)c1ccc(-c2cnnn2C2CNC2)cc1. The molecular weight excluding hydrogens is 232 g/mol. The third-order valence-corrected chi connectivity index (χ3v) is 3.11. The van der Waals surface area contributed by atoms with Gasteiger partial charge in [-0.25, -0.2) is 9.48 Å². The number of benzene rings is 1. The molecule has 0 amide bonds. The van der Waals surface area contributed by atoms with Crippen molar-refractivity contribution < 1.29 is 9.90 Å². The van der Waals surface area contributed by atoms with Crippen molar-refractivity contribution in [2.45, 2.75) is 6.04 Å². The van der Waals surface area contributed by atoms with Gasteiger partial charge in [-0.2, -0.15) is 0 Å². The van der Waals surface area contributed by atoms with Gasteiger partial charge in [0.1, 0.15) is 0 Å². The summed E-state index contributed by atoms with van der Waals surface area (Å²) in [4.78, 5) is 10.8. The third kappa shape index (κ3) is 1.76. The fraction of sp³-hybridized carbons (Fsp3) is 0.250. The van der Waals surface area contributed by atoms with Crippen LogP contribution in [0.15, 0.2) is 30.5 Å². The lowest BCUT2D eigenvalue weighted by molar-refractivity contribution is 0.0697. The molecule has 6 nitrogen and oxygen atoms in total. The van der Waals surface area contributed by atoms with Gasteiger partial charge in [-0.1, -0.05) is 17.3 Å². The number of nitrogens with one attached hydrogen (secondary N) is 1. The summed E-state index contributed by atoms with van der Waals surface area (Å²) < 4.78 is 1.88. The molecule has 6 heteroatoms. The molecule has 2 N–H and O–H groups in total. The monoisotopic (exact) mass is 244 g/mol. The Morgan fingerprint density at radius 1 is 1.33 bits per heavy atom. The lowest BCUT2D eigenvalue weighted by Crippen LogP contribution is -2.44. The van der Waals surface area contributed by atoms with E-state index in [1.807, 2.05) is 4.68 Å². The zero-order valence-corrected chi connectivity index (χ0v) is 9.58. The van der Waals surface area contributed by atoms with Gasteiger partial charge in [0.25, 0.3) is 0 Å². The summed E-state index contributed by atoms with van der Waals surface area (Å²) in [7, 11) is 0. The molecule has 0 aliphatic carbocycles. The Hall–Kier alpha value is -2.21. The van der Waals surface area contributed by atoms with E-state index < -0.39 is 5.97 Å². The third-order valence-electron chi connectivity index (χ3n) is 3.11. The van der Waals surface area contributed by atoms with Gasteiger partial charge in [0.2, 0.25) is 0 Å². The fourth-order valence-corrected chi connectivity index (χ4v) is 1.95. The number of nitrogens with zero attached hydrogens (tertiary/aromatic N) is 3. The summed E-state index contributed by atoms with van der Waals surface area (Å²) in [6.45, 7) is 1.78. The molecule has 18 heavy (non-hydrogen) atoms. The number of carboxylic acid groups (broad SMARTS) is 1. The van der Waals surface area contributed by atoms with Gasteiger partial charge in [0, 0.05) is 18.7 Å². The van der Waals surface area contributed by atoms with Crippen molar-refractivity contribution in [2.24, 2.45) is 0 Å². The maximum atomic E-state index is 10.8. The van der Waals surface area contributed by atoms with E-state index in [4.69, 9.17) is 5.11 Å². The second-order valence-electron chi connectivity index (χ2n) is 4.26. The number of carbonyl (C=O) groups is 1. The Morgan fingerprint density at radius 2 is 2.06 bits per heavy atom. The highest BCUT2D eigenvalue weighted by atomic mass is 16.4. The van der Waals surface area contributed by atoms with Crippen LogP contribution in [0.5, 0.6) is 0 Å². The first-order valence-electron chi connectivity index (χ1n) is 5.70. The maximum Gasteiger partial charge on any atom is 0.335 e. The first kappa shape index (κ1) is 10.9. The fourth-order valence-electron chi connectivity index (χ4n) is 1.95. The van der Waals surface area contributed by atoms with Crippen molar-refractivity contribution in [2.75, 3.05) is 13.1 Å². The first-order chi connectivity index (χ1) is 8.75. The Bertz CT molecular complexity index is 572. The molecule has 0 radical (unpaired) electrons. The summed E-state index contributed by atoms with van der Waals surface area (Å²) in [5, 5.41) is 20.1. The molecule has 1 aromatic heterocycles. The van der Waals surface area contributed by atoms with Crippen LogP contribution >= 0.6 is 0 Å². The van der Waals surface area contributed by atoms with Gasteiger partial charge in [0.15, 0.2) is 0 Å². The van der Waals surface area contributed by atoms with Crippen LogP contribution < -0.4 is 5.32 Å². The molecule has 1 fully saturated rings. The van der Waals surface area contributed by atoms with E-state index in [0.717, 1.165) is 24.3 Å². The quantitative estimate of drug-likeness (QED) is 0.834. The van der Waals surface area contributed by atoms with Gasteiger partial charge in [-0.3, -0.25) is 0 Å². The zero-order chi connectivity index (χ0) is 12.5. The average molecular weight is 244 g/mol. The van der Waals surface area contributed by atoms with E-state index in [9.17, 15) is 4.79 Å². The normalized spacial score (nSPS) is 15.3. The number of aromatic nitrogens is 3. The molecule has 3 rings (SSSR count). The lowest BCUT2D eigenvalue weighted by Gasteiger charge is -2.28. The first-order valence-corrected chi connectivity index (χ1v) is 5.70. The molecule has 0 saturated carbocycles. The van der Waals surface area contributed by atoms with Crippen LogP contribution in [-0.4, -0.2) is 39.2 Å². The van der Waals surface area contributed by atoms with Crippen molar-refractivity contribution in [3.63, 3.8) is 0 Å². The largest absolute Gasteiger partial charge is 0.478 e. The molecule has 0 atom stereocenters. The molecule has 2 heterocycles. The van der Waals surface area contributed by atoms with E-state index in [0.29, 0.717) is 6.04 Å². The predicted molar refractivity (Wildman–Crippen MR) is 64.3 cm³/mol. The van der Waals surface area contributed by atoms with Crippen molar-refractivity contribution >= 4 is 5.97 Å². The summed E-state index contributed by atoms with van der Waals surface area (Å²) in [6.07, 6.45) is 1.70. The van der Waals surface area contributed by atoms with Crippen LogP contribution in [0.2, 0.25) is 0 Å². The smallest absolute Gasteiger partial charge is 0.335 e. The Kier molecular flexibility index (Phi) is 2.56. The van der Waals surface area contributed by atoms with Gasteiger partial charge in [0.05, 0.1) is 23.5 Å². The summed E-state index contributed by atoms with van der Waals surface area (Å²) in [6, 6.07) is 7.08. The van der Waals surface area contributed by atoms with E-state index in [1.165, 1.54) is 0 Å². The van der Waals surface area contributed by atoms with Gasteiger partial charge < -0.3 is 10.4 Å². The molecule has 1 aliphatic rings. The minimum absolute atomic E-state index is 0.281. The van der Waals surface area contributed by atoms with Crippen molar-refractivity contribution in [1.82, 2.24) is 20.3 Å². The summed E-state index contributed by atoms with van der Waals surface area (Å²) in [5.41, 5.74) is 2.12. The van der Waals surface area contributed by atoms with Crippen molar-refractivity contribution in [3.05, 3.63) is 36.0 Å². The minimum atomic E-state index is -0.920. The van der Waals surface area contributed by atoms with Crippen LogP contribution in [-0.2, 0) is 0 Å². The highest BCUT2D eigenvalue weighted by Gasteiger charge is 2.22. The van der Waals surface area contributed by atoms with Crippen LogP contribution in [0.25, 0.3) is 11.3 Å². The van der Waals surface area contributed by atoms with Gasteiger partial charge >= 0.3 is 5.97 Å².